The van der Waals surface area contributed by atoms with Crippen molar-refractivity contribution in [2.24, 2.45) is 0 Å². The van der Waals surface area contributed by atoms with Crippen molar-refractivity contribution in [1.82, 2.24) is 25.2 Å². The number of rotatable bonds is 2. The fraction of sp³-hybridized carbons (Fsp3) is 0.125. The predicted octanol–water partition coefficient (Wildman–Crippen LogP) is -0.0174. The molecular weight excluding hydrogens is 198 g/mol. The minimum Gasteiger partial charge on any atom is -0.408 e. The second kappa shape index (κ2) is 3.82. The number of carbonyl (C=O) groups is 1. The Kier molecular flexibility index (Phi) is 2.36. The van der Waals surface area contributed by atoms with Gasteiger partial charge in [0, 0.05) is 19.2 Å². The van der Waals surface area contributed by atoms with Gasteiger partial charge in [0.25, 0.3) is 0 Å². The summed E-state index contributed by atoms with van der Waals surface area (Å²) in [5, 5.41) is 10.7. The van der Waals surface area contributed by atoms with E-state index in [2.05, 4.69) is 20.5 Å². The summed E-state index contributed by atoms with van der Waals surface area (Å²) in [7, 11) is 0. The van der Waals surface area contributed by atoms with Crippen LogP contribution in [0, 0.1) is 0 Å². The Morgan fingerprint density at radius 2 is 2.40 bits per heavy atom. The molecule has 2 heterocycles. The molecule has 0 aliphatic carbocycles. The van der Waals surface area contributed by atoms with Crippen LogP contribution >= 0.6 is 0 Å². The van der Waals surface area contributed by atoms with Crippen molar-refractivity contribution in [3.8, 4) is 11.6 Å². The van der Waals surface area contributed by atoms with Crippen molar-refractivity contribution < 1.29 is 9.53 Å². The van der Waals surface area contributed by atoms with Crippen LogP contribution in [0.2, 0.25) is 0 Å². The molecule has 76 valence electrons. The van der Waals surface area contributed by atoms with Crippen LogP contribution in [0.3, 0.4) is 0 Å². The minimum atomic E-state index is -0.420. The summed E-state index contributed by atoms with van der Waals surface area (Å²) < 4.78 is 6.26. The largest absolute Gasteiger partial charge is 0.408 e. The molecule has 0 unspecified atom stereocenters. The van der Waals surface area contributed by atoms with Crippen molar-refractivity contribution in [3.63, 3.8) is 0 Å². The van der Waals surface area contributed by atoms with Gasteiger partial charge in [0.15, 0.2) is 0 Å². The maximum Gasteiger partial charge on any atom is 0.309 e. The zero-order valence-electron chi connectivity index (χ0n) is 7.86. The molecule has 0 aliphatic heterocycles. The highest BCUT2D eigenvalue weighted by Gasteiger charge is 2.03. The molecule has 0 radical (unpaired) electrons. The summed E-state index contributed by atoms with van der Waals surface area (Å²) >= 11 is 0. The molecule has 0 atom stereocenters. The monoisotopic (exact) mass is 205 g/mol. The zero-order chi connectivity index (χ0) is 10.7. The smallest absolute Gasteiger partial charge is 0.309 e. The average Bonchev–Trinajstić information content (AvgIpc) is 2.69. The SMILES string of the molecule is CC(=O)Oc1cc(-n2cnnn2)ccn1. The van der Waals surface area contributed by atoms with Crippen molar-refractivity contribution >= 4 is 5.97 Å². The van der Waals surface area contributed by atoms with E-state index in [1.807, 2.05) is 0 Å². The summed E-state index contributed by atoms with van der Waals surface area (Å²) in [5.74, 6) is -0.202. The van der Waals surface area contributed by atoms with E-state index in [9.17, 15) is 4.79 Å². The maximum atomic E-state index is 10.7. The lowest BCUT2D eigenvalue weighted by molar-refractivity contribution is -0.132. The van der Waals surface area contributed by atoms with Gasteiger partial charge >= 0.3 is 5.97 Å². The van der Waals surface area contributed by atoms with E-state index in [1.165, 1.54) is 24.1 Å². The Balaban J connectivity index is 2.31. The third-order valence-corrected chi connectivity index (χ3v) is 1.58. The summed E-state index contributed by atoms with van der Waals surface area (Å²) in [5.41, 5.74) is 0.672. The molecule has 0 fully saturated rings. The van der Waals surface area contributed by atoms with Crippen LogP contribution in [0.1, 0.15) is 6.92 Å². The highest BCUT2D eigenvalue weighted by atomic mass is 16.5. The van der Waals surface area contributed by atoms with Crippen LogP contribution in [0.4, 0.5) is 0 Å². The third-order valence-electron chi connectivity index (χ3n) is 1.58. The molecule has 2 rings (SSSR count). The van der Waals surface area contributed by atoms with E-state index in [1.54, 1.807) is 12.1 Å². The summed E-state index contributed by atoms with van der Waals surface area (Å²) in [6.07, 6.45) is 2.95. The molecule has 0 spiro atoms. The Morgan fingerprint density at radius 1 is 1.53 bits per heavy atom. The Hall–Kier alpha value is -2.31. The zero-order valence-corrected chi connectivity index (χ0v) is 7.86. The molecule has 2 aromatic rings. The van der Waals surface area contributed by atoms with Gasteiger partial charge in [-0.2, -0.15) is 0 Å². The first-order valence-corrected chi connectivity index (χ1v) is 4.13. The lowest BCUT2D eigenvalue weighted by atomic mass is 10.4. The number of pyridine rings is 1. The van der Waals surface area contributed by atoms with Gasteiger partial charge in [-0.05, 0) is 16.5 Å². The molecule has 0 aliphatic rings. The van der Waals surface area contributed by atoms with E-state index in [0.717, 1.165) is 0 Å². The van der Waals surface area contributed by atoms with Gasteiger partial charge in [0.1, 0.15) is 6.33 Å². The molecule has 2 aromatic heterocycles. The second-order valence-electron chi connectivity index (χ2n) is 2.70. The van der Waals surface area contributed by atoms with Gasteiger partial charge in [-0.1, -0.05) is 0 Å². The van der Waals surface area contributed by atoms with Crippen LogP contribution in [0.15, 0.2) is 24.7 Å². The first-order valence-electron chi connectivity index (χ1n) is 4.13. The standard InChI is InChI=1S/C8H7N5O2/c1-6(14)15-8-4-7(2-3-9-8)13-5-10-11-12-13/h2-5H,1H3. The molecule has 7 nitrogen and oxygen atoms in total. The molecule has 0 saturated carbocycles. The Labute approximate surface area is 84.7 Å². The van der Waals surface area contributed by atoms with Crippen LogP contribution in [-0.4, -0.2) is 31.2 Å². The number of nitrogens with zero attached hydrogens (tertiary/aromatic N) is 5. The number of aromatic nitrogens is 5. The molecule has 0 amide bonds. The highest BCUT2D eigenvalue weighted by Crippen LogP contribution is 2.11. The van der Waals surface area contributed by atoms with Crippen molar-refractivity contribution in [2.45, 2.75) is 6.92 Å². The fourth-order valence-corrected chi connectivity index (χ4v) is 1.02. The van der Waals surface area contributed by atoms with Crippen LogP contribution in [0.25, 0.3) is 5.69 Å². The highest BCUT2D eigenvalue weighted by molar-refractivity contribution is 5.68. The lowest BCUT2D eigenvalue weighted by Crippen LogP contribution is -2.04. The van der Waals surface area contributed by atoms with Crippen LogP contribution in [0.5, 0.6) is 5.88 Å². The van der Waals surface area contributed by atoms with Crippen molar-refractivity contribution in [3.05, 3.63) is 24.7 Å². The van der Waals surface area contributed by atoms with Gasteiger partial charge < -0.3 is 4.74 Å². The van der Waals surface area contributed by atoms with Crippen molar-refractivity contribution in [1.29, 1.82) is 0 Å². The van der Waals surface area contributed by atoms with E-state index >= 15 is 0 Å². The number of ether oxygens (including phenoxy) is 1. The molecular formula is C8H7N5O2. The summed E-state index contributed by atoms with van der Waals surface area (Å²) in [6.45, 7) is 1.31. The predicted molar refractivity (Wildman–Crippen MR) is 48.3 cm³/mol. The van der Waals surface area contributed by atoms with Gasteiger partial charge in [-0.15, -0.1) is 5.10 Å². The maximum absolute atomic E-state index is 10.7. The van der Waals surface area contributed by atoms with Gasteiger partial charge in [0.05, 0.1) is 5.69 Å². The Bertz CT molecular complexity index is 468. The number of hydrogen-bond donors (Lipinski definition) is 0. The molecule has 0 N–H and O–H groups in total. The average molecular weight is 205 g/mol. The second-order valence-corrected chi connectivity index (χ2v) is 2.70. The van der Waals surface area contributed by atoms with E-state index in [0.29, 0.717) is 5.69 Å². The molecule has 15 heavy (non-hydrogen) atoms. The quantitative estimate of drug-likeness (QED) is 0.641. The Morgan fingerprint density at radius 3 is 3.07 bits per heavy atom. The van der Waals surface area contributed by atoms with E-state index < -0.39 is 5.97 Å². The fourth-order valence-electron chi connectivity index (χ4n) is 1.02. The van der Waals surface area contributed by atoms with E-state index in [-0.39, 0.29) is 5.88 Å². The number of esters is 1. The third kappa shape index (κ3) is 2.13. The number of tetrazole rings is 1. The normalized spacial score (nSPS) is 9.93. The molecule has 0 bridgehead atoms. The van der Waals surface area contributed by atoms with E-state index in [4.69, 9.17) is 4.74 Å². The summed E-state index contributed by atoms with van der Waals surface area (Å²) in [4.78, 5) is 14.6. The topological polar surface area (TPSA) is 82.8 Å². The molecule has 0 aromatic carbocycles. The van der Waals surface area contributed by atoms with Gasteiger partial charge in [0.2, 0.25) is 5.88 Å². The van der Waals surface area contributed by atoms with Crippen LogP contribution in [-0.2, 0) is 4.79 Å². The van der Waals surface area contributed by atoms with Crippen LogP contribution < -0.4 is 4.74 Å². The minimum absolute atomic E-state index is 0.218. The van der Waals surface area contributed by atoms with Gasteiger partial charge in [-0.3, -0.25) is 4.79 Å². The summed E-state index contributed by atoms with van der Waals surface area (Å²) in [6, 6.07) is 3.26. The number of carbonyl (C=O) groups excluding carboxylic acids is 1. The molecule has 7 heteroatoms. The van der Waals surface area contributed by atoms with Gasteiger partial charge in [-0.25, -0.2) is 9.67 Å². The first-order chi connectivity index (χ1) is 7.25. The first kappa shape index (κ1) is 9.25. The number of hydrogen-bond acceptors (Lipinski definition) is 6. The van der Waals surface area contributed by atoms with Crippen molar-refractivity contribution in [2.75, 3.05) is 0 Å². The molecule has 0 saturated heterocycles. The lowest BCUT2D eigenvalue weighted by Gasteiger charge is -2.02.